The van der Waals surface area contributed by atoms with Crippen LogP contribution in [0.1, 0.15) is 32.1 Å². The summed E-state index contributed by atoms with van der Waals surface area (Å²) >= 11 is 1.59. The molecule has 6 nitrogen and oxygen atoms in total. The first-order valence-corrected chi connectivity index (χ1v) is 11.7. The van der Waals surface area contributed by atoms with Crippen molar-refractivity contribution in [2.45, 2.75) is 32.1 Å². The lowest BCUT2D eigenvalue weighted by Gasteiger charge is -2.12. The number of sulfonamides is 1. The third kappa shape index (κ3) is 4.77. The Bertz CT molecular complexity index is 1170. The van der Waals surface area contributed by atoms with Gasteiger partial charge in [0.1, 0.15) is 5.01 Å². The number of rotatable bonds is 7. The third-order valence-corrected chi connectivity index (χ3v) is 7.43. The van der Waals surface area contributed by atoms with Crippen LogP contribution in [0.25, 0.3) is 10.6 Å². The van der Waals surface area contributed by atoms with Crippen LogP contribution >= 0.6 is 11.3 Å². The predicted octanol–water partition coefficient (Wildman–Crippen LogP) is 4.04. The van der Waals surface area contributed by atoms with Crippen LogP contribution in [0.5, 0.6) is 0 Å². The molecule has 0 unspecified atom stereocenters. The van der Waals surface area contributed by atoms with Gasteiger partial charge >= 0.3 is 5.97 Å². The maximum atomic E-state index is 12.8. The fraction of sp³-hybridized carbons (Fsp3) is 0.273. The average Bonchev–Trinajstić information content (AvgIpc) is 3.10. The van der Waals surface area contributed by atoms with E-state index < -0.39 is 16.0 Å². The molecule has 0 aliphatic rings. The lowest BCUT2D eigenvalue weighted by molar-refractivity contribution is 0.0599. The van der Waals surface area contributed by atoms with E-state index in [1.54, 1.807) is 31.3 Å². The molecule has 0 aliphatic carbocycles. The van der Waals surface area contributed by atoms with E-state index in [4.69, 9.17) is 4.74 Å². The first-order chi connectivity index (χ1) is 14.2. The molecule has 0 aliphatic heterocycles. The average molecular weight is 445 g/mol. The van der Waals surface area contributed by atoms with Crippen molar-refractivity contribution in [3.8, 4) is 10.6 Å². The zero-order chi connectivity index (χ0) is 21.9. The number of methoxy groups -OCH3 is 1. The molecule has 1 aromatic heterocycles. The quantitative estimate of drug-likeness (QED) is 0.556. The second kappa shape index (κ2) is 9.07. The molecule has 0 fully saturated rings. The molecule has 3 aromatic rings. The highest BCUT2D eigenvalue weighted by Gasteiger charge is 2.20. The molecule has 0 atom stereocenters. The number of ether oxygens (including phenoxy) is 1. The van der Waals surface area contributed by atoms with E-state index in [-0.39, 0.29) is 17.0 Å². The standard InChI is InChI=1S/C22H24N2O4S2/c1-14-12-18(13-19(15(14)2)22(25)28-4)30(26,27)23-11-10-20-16(3)29-21(24-20)17-8-6-5-7-9-17/h5-9,12-13,23H,10-11H2,1-4H3. The molecule has 158 valence electrons. The second-order valence-corrected chi connectivity index (χ2v) is 9.91. The lowest BCUT2D eigenvalue weighted by atomic mass is 10.0. The predicted molar refractivity (Wildman–Crippen MR) is 118 cm³/mol. The lowest BCUT2D eigenvalue weighted by Crippen LogP contribution is -2.26. The number of hydrogen-bond donors (Lipinski definition) is 1. The number of nitrogens with one attached hydrogen (secondary N) is 1. The summed E-state index contributed by atoms with van der Waals surface area (Å²) in [6.45, 7) is 5.73. The van der Waals surface area contributed by atoms with E-state index in [9.17, 15) is 13.2 Å². The number of aromatic nitrogens is 1. The molecular weight excluding hydrogens is 420 g/mol. The summed E-state index contributed by atoms with van der Waals surface area (Å²) in [6.07, 6.45) is 0.475. The molecule has 0 radical (unpaired) electrons. The topological polar surface area (TPSA) is 85.4 Å². The van der Waals surface area contributed by atoms with Crippen molar-refractivity contribution >= 4 is 27.3 Å². The van der Waals surface area contributed by atoms with Gasteiger partial charge in [-0.05, 0) is 44.0 Å². The molecule has 0 saturated carbocycles. The Morgan fingerprint density at radius 1 is 1.13 bits per heavy atom. The number of carbonyl (C=O) groups is 1. The molecule has 0 amide bonds. The summed E-state index contributed by atoms with van der Waals surface area (Å²) in [4.78, 5) is 17.8. The highest BCUT2D eigenvalue weighted by atomic mass is 32.2. The van der Waals surface area contributed by atoms with Crippen LogP contribution in [0.3, 0.4) is 0 Å². The van der Waals surface area contributed by atoms with E-state index in [0.717, 1.165) is 21.1 Å². The zero-order valence-corrected chi connectivity index (χ0v) is 19.0. The molecule has 0 spiro atoms. The smallest absolute Gasteiger partial charge is 0.338 e. The van der Waals surface area contributed by atoms with Crippen molar-refractivity contribution in [3.05, 3.63) is 69.7 Å². The van der Waals surface area contributed by atoms with Crippen LogP contribution < -0.4 is 4.72 Å². The number of thiazole rings is 1. The fourth-order valence-electron chi connectivity index (χ4n) is 3.05. The number of esters is 1. The minimum atomic E-state index is -3.77. The molecule has 1 heterocycles. The van der Waals surface area contributed by atoms with Crippen LogP contribution in [0.4, 0.5) is 0 Å². The maximum Gasteiger partial charge on any atom is 0.338 e. The van der Waals surface area contributed by atoms with Crippen LogP contribution in [0.15, 0.2) is 47.4 Å². The molecule has 30 heavy (non-hydrogen) atoms. The SMILES string of the molecule is COC(=O)c1cc(S(=O)(=O)NCCc2nc(-c3ccccc3)sc2C)cc(C)c1C. The Morgan fingerprint density at radius 3 is 2.50 bits per heavy atom. The van der Waals surface area contributed by atoms with Gasteiger partial charge in [-0.25, -0.2) is 22.9 Å². The Balaban J connectivity index is 1.74. The van der Waals surface area contributed by atoms with Crippen molar-refractivity contribution in [1.29, 1.82) is 0 Å². The second-order valence-electron chi connectivity index (χ2n) is 6.94. The number of nitrogens with zero attached hydrogens (tertiary/aromatic N) is 1. The number of carbonyl (C=O) groups excluding carboxylic acids is 1. The molecule has 3 rings (SSSR count). The van der Waals surface area contributed by atoms with E-state index in [0.29, 0.717) is 17.5 Å². The molecular formula is C22H24N2O4S2. The van der Waals surface area contributed by atoms with E-state index in [1.165, 1.54) is 13.2 Å². The first kappa shape index (κ1) is 22.1. The third-order valence-electron chi connectivity index (χ3n) is 4.92. The number of aryl methyl sites for hydroxylation is 2. The molecule has 1 N–H and O–H groups in total. The van der Waals surface area contributed by atoms with Crippen LogP contribution in [-0.2, 0) is 21.2 Å². The Kier molecular flexibility index (Phi) is 6.70. The van der Waals surface area contributed by atoms with Gasteiger partial charge in [-0.2, -0.15) is 0 Å². The summed E-state index contributed by atoms with van der Waals surface area (Å²) in [5.41, 5.74) is 3.58. The highest BCUT2D eigenvalue weighted by molar-refractivity contribution is 7.89. The van der Waals surface area contributed by atoms with E-state index in [1.807, 2.05) is 37.3 Å². The fourth-order valence-corrected chi connectivity index (χ4v) is 5.16. The largest absolute Gasteiger partial charge is 0.465 e. The van der Waals surface area contributed by atoms with Gasteiger partial charge in [-0.3, -0.25) is 0 Å². The van der Waals surface area contributed by atoms with E-state index >= 15 is 0 Å². The van der Waals surface area contributed by atoms with Crippen molar-refractivity contribution in [3.63, 3.8) is 0 Å². The minimum absolute atomic E-state index is 0.0472. The van der Waals surface area contributed by atoms with Gasteiger partial charge in [0.2, 0.25) is 10.0 Å². The summed E-state index contributed by atoms with van der Waals surface area (Å²) in [6, 6.07) is 12.8. The van der Waals surface area contributed by atoms with Crippen LogP contribution in [0, 0.1) is 20.8 Å². The highest BCUT2D eigenvalue weighted by Crippen LogP contribution is 2.27. The van der Waals surface area contributed by atoms with Gasteiger partial charge in [-0.1, -0.05) is 30.3 Å². The Hall–Kier alpha value is -2.55. The summed E-state index contributed by atoms with van der Waals surface area (Å²) < 4.78 is 32.9. The summed E-state index contributed by atoms with van der Waals surface area (Å²) in [5.74, 6) is -0.556. The van der Waals surface area contributed by atoms with Gasteiger partial charge in [0.15, 0.2) is 0 Å². The number of hydrogen-bond acceptors (Lipinski definition) is 6. The normalized spacial score (nSPS) is 11.5. The molecule has 2 aromatic carbocycles. The van der Waals surface area contributed by atoms with E-state index in [2.05, 4.69) is 9.71 Å². The van der Waals surface area contributed by atoms with Gasteiger partial charge in [0, 0.05) is 23.4 Å². The minimum Gasteiger partial charge on any atom is -0.465 e. The summed E-state index contributed by atoms with van der Waals surface area (Å²) in [7, 11) is -2.50. The monoisotopic (exact) mass is 444 g/mol. The maximum absolute atomic E-state index is 12.8. The van der Waals surface area contributed by atoms with Crippen molar-refractivity contribution in [2.75, 3.05) is 13.7 Å². The Labute approximate surface area is 181 Å². The van der Waals surface area contributed by atoms with Gasteiger partial charge in [0.25, 0.3) is 0 Å². The zero-order valence-electron chi connectivity index (χ0n) is 17.4. The molecule has 0 bridgehead atoms. The van der Waals surface area contributed by atoms with Crippen LogP contribution in [0.2, 0.25) is 0 Å². The van der Waals surface area contributed by atoms with Gasteiger partial charge in [0.05, 0.1) is 23.3 Å². The Morgan fingerprint density at radius 2 is 1.83 bits per heavy atom. The van der Waals surface area contributed by atoms with Crippen molar-refractivity contribution < 1.29 is 17.9 Å². The van der Waals surface area contributed by atoms with Gasteiger partial charge in [-0.15, -0.1) is 11.3 Å². The van der Waals surface area contributed by atoms with Crippen molar-refractivity contribution in [1.82, 2.24) is 9.71 Å². The van der Waals surface area contributed by atoms with Gasteiger partial charge < -0.3 is 4.74 Å². The molecule has 0 saturated heterocycles. The van der Waals surface area contributed by atoms with Crippen molar-refractivity contribution in [2.24, 2.45) is 0 Å². The number of benzene rings is 2. The first-order valence-electron chi connectivity index (χ1n) is 9.44. The summed E-state index contributed by atoms with van der Waals surface area (Å²) in [5, 5.41) is 0.919. The van der Waals surface area contributed by atoms with Crippen LogP contribution in [-0.4, -0.2) is 33.0 Å². The molecule has 8 heteroatoms.